The molecule has 2 aromatic carbocycles. The smallest absolute Gasteiger partial charge is 0.229 e. The van der Waals surface area contributed by atoms with Crippen LogP contribution in [0.1, 0.15) is 25.8 Å². The van der Waals surface area contributed by atoms with Gasteiger partial charge in [0.05, 0.1) is 34.2 Å². The van der Waals surface area contributed by atoms with Crippen LogP contribution in [0.4, 0.5) is 34.5 Å². The molecule has 0 saturated carbocycles. The van der Waals surface area contributed by atoms with Crippen molar-refractivity contribution in [2.45, 2.75) is 32.7 Å². The van der Waals surface area contributed by atoms with Crippen LogP contribution in [-0.4, -0.2) is 78.0 Å². The SMILES string of the molecule is CCSN(C)c1c(Nc2nc(Nc3cc(CC)c(N4CCC(N(C)C)C4)cc3OC)ncc2Br)ccc2nccnc12. The summed E-state index contributed by atoms with van der Waals surface area (Å²) < 4.78 is 8.71. The number of nitrogens with zero attached hydrogens (tertiary/aromatic N) is 7. The Hall–Kier alpha value is -3.35. The van der Waals surface area contributed by atoms with Crippen LogP contribution in [-0.2, 0) is 6.42 Å². The van der Waals surface area contributed by atoms with Crippen molar-refractivity contribution in [1.29, 1.82) is 0 Å². The third-order valence-electron chi connectivity index (χ3n) is 7.51. The van der Waals surface area contributed by atoms with Gasteiger partial charge in [-0.05, 0) is 66.6 Å². The molecule has 12 heteroatoms. The predicted octanol–water partition coefficient (Wildman–Crippen LogP) is 6.49. The zero-order chi connectivity index (χ0) is 29.8. The fraction of sp³-hybridized carbons (Fsp3) is 0.400. The van der Waals surface area contributed by atoms with Crippen molar-refractivity contribution in [3.63, 3.8) is 0 Å². The summed E-state index contributed by atoms with van der Waals surface area (Å²) in [5.41, 5.74) is 6.77. The number of likely N-dealkylation sites (N-methyl/N-ethyl adjacent to an activating group) is 1. The standard InChI is InChI=1S/C30H38BrN9OS/c1-7-19-15-24(26(41-6)16-25(19)40-14-11-20(18-40)38(3)4)36-30-34-17-21(31)29(37-30)35-23-10-9-22-27(33-13-12-32-22)28(23)39(5)42-8-2/h9-10,12-13,15-17,20H,7-8,11,14,18H2,1-6H3,(H2,34,35,36,37). The summed E-state index contributed by atoms with van der Waals surface area (Å²) in [5, 5.41) is 6.92. The molecule has 0 spiro atoms. The Morgan fingerprint density at radius 3 is 2.60 bits per heavy atom. The van der Waals surface area contributed by atoms with Crippen molar-refractivity contribution in [3.05, 3.63) is 52.9 Å². The number of ether oxygens (including phenoxy) is 1. The molecule has 0 bridgehead atoms. The summed E-state index contributed by atoms with van der Waals surface area (Å²) in [4.78, 5) is 23.3. The molecule has 1 saturated heterocycles. The highest BCUT2D eigenvalue weighted by atomic mass is 79.9. The lowest BCUT2D eigenvalue weighted by Crippen LogP contribution is -2.31. The van der Waals surface area contributed by atoms with Crippen molar-refractivity contribution in [1.82, 2.24) is 24.8 Å². The molecule has 4 aromatic rings. The average Bonchev–Trinajstić information content (AvgIpc) is 3.49. The molecule has 2 N–H and O–H groups in total. The highest BCUT2D eigenvalue weighted by Crippen LogP contribution is 2.39. The van der Waals surface area contributed by atoms with Crippen molar-refractivity contribution < 1.29 is 4.74 Å². The Bertz CT molecular complexity index is 1550. The van der Waals surface area contributed by atoms with Crippen molar-refractivity contribution in [3.8, 4) is 5.75 Å². The first-order valence-electron chi connectivity index (χ1n) is 14.1. The number of rotatable bonds is 11. The molecule has 1 aliphatic rings. The molecular weight excluding hydrogens is 614 g/mol. The van der Waals surface area contributed by atoms with Gasteiger partial charge < -0.3 is 29.5 Å². The van der Waals surface area contributed by atoms with Gasteiger partial charge in [0.2, 0.25) is 5.95 Å². The zero-order valence-electron chi connectivity index (χ0n) is 25.0. The molecule has 1 aliphatic heterocycles. The highest BCUT2D eigenvalue weighted by molar-refractivity contribution is 9.10. The molecule has 3 heterocycles. The van der Waals surface area contributed by atoms with Crippen molar-refractivity contribution in [2.75, 3.05) is 66.9 Å². The van der Waals surface area contributed by atoms with Gasteiger partial charge in [0.15, 0.2) is 0 Å². The first-order chi connectivity index (χ1) is 20.3. The quantitative estimate of drug-likeness (QED) is 0.174. The van der Waals surface area contributed by atoms with Gasteiger partial charge in [-0.15, -0.1) is 0 Å². The highest BCUT2D eigenvalue weighted by Gasteiger charge is 2.26. The third-order valence-corrected chi connectivity index (χ3v) is 8.92. The van der Waals surface area contributed by atoms with Crippen LogP contribution in [0, 0.1) is 0 Å². The molecule has 1 fully saturated rings. The molecule has 0 amide bonds. The summed E-state index contributed by atoms with van der Waals surface area (Å²) >= 11 is 5.33. The van der Waals surface area contributed by atoms with Gasteiger partial charge in [-0.1, -0.05) is 25.8 Å². The van der Waals surface area contributed by atoms with E-state index in [1.54, 1.807) is 37.6 Å². The van der Waals surface area contributed by atoms with Crippen LogP contribution in [0.15, 0.2) is 47.3 Å². The lowest BCUT2D eigenvalue weighted by Gasteiger charge is -2.25. The maximum Gasteiger partial charge on any atom is 0.229 e. The molecule has 1 unspecified atom stereocenters. The molecule has 42 heavy (non-hydrogen) atoms. The molecule has 0 aliphatic carbocycles. The van der Waals surface area contributed by atoms with Crippen molar-refractivity contribution >= 4 is 73.4 Å². The lowest BCUT2D eigenvalue weighted by molar-refractivity contribution is 0.315. The number of aryl methyl sites for hydroxylation is 1. The minimum Gasteiger partial charge on any atom is -0.494 e. The van der Waals surface area contributed by atoms with E-state index < -0.39 is 0 Å². The number of hydrogen-bond donors (Lipinski definition) is 2. The maximum atomic E-state index is 5.85. The number of fused-ring (bicyclic) bond motifs is 1. The maximum absolute atomic E-state index is 5.85. The van der Waals surface area contributed by atoms with Gasteiger partial charge in [-0.25, -0.2) is 4.98 Å². The summed E-state index contributed by atoms with van der Waals surface area (Å²) in [6.07, 6.45) is 7.23. The Kier molecular flexibility index (Phi) is 9.54. The summed E-state index contributed by atoms with van der Waals surface area (Å²) in [6.45, 7) is 6.35. The number of hydrogen-bond acceptors (Lipinski definition) is 11. The van der Waals surface area contributed by atoms with E-state index in [0.717, 1.165) is 70.0 Å². The predicted molar refractivity (Wildman–Crippen MR) is 179 cm³/mol. The van der Waals surface area contributed by atoms with Crippen LogP contribution in [0.5, 0.6) is 5.75 Å². The van der Waals surface area contributed by atoms with E-state index in [4.69, 9.17) is 9.72 Å². The minimum absolute atomic E-state index is 0.459. The fourth-order valence-electron chi connectivity index (χ4n) is 5.30. The Labute approximate surface area is 260 Å². The van der Waals surface area contributed by atoms with Gasteiger partial charge in [0.1, 0.15) is 17.1 Å². The largest absolute Gasteiger partial charge is 0.494 e. The van der Waals surface area contributed by atoms with Gasteiger partial charge in [-0.3, -0.25) is 9.97 Å². The summed E-state index contributed by atoms with van der Waals surface area (Å²) in [6, 6.07) is 8.83. The van der Waals surface area contributed by atoms with E-state index in [2.05, 4.69) is 95.7 Å². The fourth-order valence-corrected chi connectivity index (χ4v) is 6.29. The molecule has 5 rings (SSSR count). The van der Waals surface area contributed by atoms with Crippen LogP contribution >= 0.6 is 27.9 Å². The first kappa shape index (κ1) is 30.1. The number of anilines is 6. The Morgan fingerprint density at radius 2 is 1.88 bits per heavy atom. The first-order valence-corrected chi connectivity index (χ1v) is 15.9. The van der Waals surface area contributed by atoms with Crippen LogP contribution in [0.2, 0.25) is 0 Å². The van der Waals surface area contributed by atoms with Crippen LogP contribution in [0.25, 0.3) is 11.0 Å². The number of benzene rings is 2. The van der Waals surface area contributed by atoms with Gasteiger partial charge in [0.25, 0.3) is 0 Å². The van der Waals surface area contributed by atoms with Crippen LogP contribution in [0.3, 0.4) is 0 Å². The van der Waals surface area contributed by atoms with E-state index in [1.165, 1.54) is 11.3 Å². The number of nitrogens with one attached hydrogen (secondary N) is 2. The van der Waals surface area contributed by atoms with Crippen LogP contribution < -0.4 is 24.6 Å². The number of halogens is 1. The number of aromatic nitrogens is 4. The molecule has 1 atom stereocenters. The molecule has 10 nitrogen and oxygen atoms in total. The third kappa shape index (κ3) is 6.35. The Balaban J connectivity index is 1.45. The van der Waals surface area contributed by atoms with Gasteiger partial charge in [0, 0.05) is 62.3 Å². The zero-order valence-corrected chi connectivity index (χ0v) is 27.4. The van der Waals surface area contributed by atoms with E-state index >= 15 is 0 Å². The summed E-state index contributed by atoms with van der Waals surface area (Å²) in [7, 11) is 8.05. The minimum atomic E-state index is 0.459. The van der Waals surface area contributed by atoms with E-state index in [-0.39, 0.29) is 0 Å². The lowest BCUT2D eigenvalue weighted by atomic mass is 10.1. The van der Waals surface area contributed by atoms with E-state index in [1.807, 2.05) is 19.2 Å². The van der Waals surface area contributed by atoms with E-state index in [0.29, 0.717) is 17.8 Å². The second kappa shape index (κ2) is 13.3. The Morgan fingerprint density at radius 1 is 1.07 bits per heavy atom. The molecular formula is C30H38BrN9OS. The topological polar surface area (TPSA) is 94.6 Å². The van der Waals surface area contributed by atoms with E-state index in [9.17, 15) is 0 Å². The molecule has 222 valence electrons. The van der Waals surface area contributed by atoms with Gasteiger partial charge in [-0.2, -0.15) is 4.98 Å². The second-order valence-electron chi connectivity index (χ2n) is 10.3. The number of methoxy groups -OCH3 is 1. The summed E-state index contributed by atoms with van der Waals surface area (Å²) in [5.74, 6) is 2.77. The molecule has 2 aromatic heterocycles. The average molecular weight is 653 g/mol. The molecule has 0 radical (unpaired) electrons. The monoisotopic (exact) mass is 651 g/mol. The second-order valence-corrected chi connectivity index (χ2v) is 12.6. The van der Waals surface area contributed by atoms with Gasteiger partial charge >= 0.3 is 0 Å². The van der Waals surface area contributed by atoms with Crippen molar-refractivity contribution in [2.24, 2.45) is 0 Å². The normalized spacial score (nSPS) is 15.0.